The molecule has 0 radical (unpaired) electrons. The number of pyridine rings is 1. The number of benzene rings is 1. The van der Waals surface area contributed by atoms with Gasteiger partial charge in [-0.05, 0) is 44.2 Å². The van der Waals surface area contributed by atoms with Crippen LogP contribution in [0.4, 0.5) is 11.6 Å². The Balaban J connectivity index is 1.32. The fourth-order valence-electron chi connectivity index (χ4n) is 4.23. The fourth-order valence-corrected chi connectivity index (χ4v) is 4.44. The molecule has 0 amide bonds. The van der Waals surface area contributed by atoms with E-state index in [1.165, 1.54) is 12.4 Å². The Morgan fingerprint density at radius 2 is 1.79 bits per heavy atom. The van der Waals surface area contributed by atoms with E-state index in [9.17, 15) is 4.79 Å². The van der Waals surface area contributed by atoms with Crippen molar-refractivity contribution in [2.45, 2.75) is 13.8 Å². The minimum atomic E-state index is -0.404. The van der Waals surface area contributed by atoms with Crippen LogP contribution in [0.5, 0.6) is 0 Å². The smallest absolute Gasteiger partial charge is 0.341 e. The van der Waals surface area contributed by atoms with Gasteiger partial charge in [-0.15, -0.1) is 0 Å². The molecule has 0 atom stereocenters. The maximum Gasteiger partial charge on any atom is 0.341 e. The third-order valence-corrected chi connectivity index (χ3v) is 6.38. The van der Waals surface area contributed by atoms with Gasteiger partial charge in [0.15, 0.2) is 0 Å². The zero-order valence-electron chi connectivity index (χ0n) is 19.1. The number of hydrogen-bond donors (Lipinski definition) is 0. The molecule has 4 aromatic rings. The molecule has 1 aromatic carbocycles. The highest BCUT2D eigenvalue weighted by atomic mass is 35.5. The molecule has 1 aliphatic heterocycles. The largest absolute Gasteiger partial charge is 0.462 e. The first kappa shape index (κ1) is 22.2. The van der Waals surface area contributed by atoms with Crippen molar-refractivity contribution in [3.63, 3.8) is 0 Å². The molecule has 0 unspecified atom stereocenters. The number of anilines is 2. The number of nitrogens with zero attached hydrogens (tertiary/aromatic N) is 6. The Kier molecular flexibility index (Phi) is 6.06. The molecule has 0 spiro atoms. The molecule has 0 saturated carbocycles. The third kappa shape index (κ3) is 4.17. The lowest BCUT2D eigenvalue weighted by molar-refractivity contribution is 0.0525. The highest BCUT2D eigenvalue weighted by Crippen LogP contribution is 2.34. The van der Waals surface area contributed by atoms with Gasteiger partial charge < -0.3 is 18.9 Å². The molecule has 1 saturated heterocycles. The van der Waals surface area contributed by atoms with Crippen molar-refractivity contribution in [1.82, 2.24) is 19.4 Å². The van der Waals surface area contributed by atoms with E-state index in [4.69, 9.17) is 21.3 Å². The van der Waals surface area contributed by atoms with Gasteiger partial charge >= 0.3 is 5.97 Å². The first-order valence-electron chi connectivity index (χ1n) is 11.3. The van der Waals surface area contributed by atoms with Gasteiger partial charge in [0, 0.05) is 61.7 Å². The number of aryl methyl sites for hydroxylation is 1. The maximum absolute atomic E-state index is 11.8. The van der Waals surface area contributed by atoms with Crippen molar-refractivity contribution in [1.29, 1.82) is 0 Å². The highest BCUT2D eigenvalue weighted by molar-refractivity contribution is 6.33. The zero-order valence-corrected chi connectivity index (χ0v) is 19.9. The van der Waals surface area contributed by atoms with E-state index >= 15 is 0 Å². The summed E-state index contributed by atoms with van der Waals surface area (Å²) in [7, 11) is 0. The number of piperazine rings is 1. The second kappa shape index (κ2) is 9.30. The number of ether oxygens (including phenoxy) is 1. The van der Waals surface area contributed by atoms with Gasteiger partial charge in [-0.2, -0.15) is 0 Å². The zero-order chi connectivity index (χ0) is 23.7. The number of carbonyl (C=O) groups excluding carboxylic acids is 1. The van der Waals surface area contributed by atoms with Gasteiger partial charge in [-0.25, -0.2) is 19.7 Å². The van der Waals surface area contributed by atoms with Crippen LogP contribution in [0.15, 0.2) is 55.0 Å². The van der Waals surface area contributed by atoms with Crippen LogP contribution >= 0.6 is 11.6 Å². The van der Waals surface area contributed by atoms with Gasteiger partial charge in [0.05, 0.1) is 22.9 Å². The second-order valence-corrected chi connectivity index (χ2v) is 8.51. The van der Waals surface area contributed by atoms with E-state index in [-0.39, 0.29) is 0 Å². The van der Waals surface area contributed by atoms with E-state index in [2.05, 4.69) is 43.2 Å². The summed E-state index contributed by atoms with van der Waals surface area (Å²) in [5, 5.41) is 0.684. The number of imidazole rings is 1. The molecule has 9 heteroatoms. The summed E-state index contributed by atoms with van der Waals surface area (Å²) in [6.07, 6.45) is 5.06. The Labute approximate surface area is 202 Å². The Hall–Kier alpha value is -3.65. The van der Waals surface area contributed by atoms with E-state index in [0.29, 0.717) is 23.1 Å². The van der Waals surface area contributed by atoms with Crippen LogP contribution in [-0.4, -0.2) is 58.1 Å². The molecular formula is C25H25ClN6O2. The van der Waals surface area contributed by atoms with Crippen LogP contribution < -0.4 is 9.80 Å². The SMILES string of the molecule is CCOC(=O)c1cnc(N2CCN(c3ccc(Cl)c(-c4nc5ccccn5c4C)c3)CC2)nc1. The van der Waals surface area contributed by atoms with Crippen molar-refractivity contribution in [3.05, 3.63) is 71.3 Å². The van der Waals surface area contributed by atoms with Crippen molar-refractivity contribution in [2.24, 2.45) is 0 Å². The van der Waals surface area contributed by atoms with Crippen LogP contribution in [0.2, 0.25) is 5.02 Å². The summed E-state index contributed by atoms with van der Waals surface area (Å²) in [6, 6.07) is 12.1. The number of hydrogen-bond acceptors (Lipinski definition) is 7. The summed E-state index contributed by atoms with van der Waals surface area (Å²) < 4.78 is 7.07. The van der Waals surface area contributed by atoms with Gasteiger partial charge in [0.25, 0.3) is 0 Å². The van der Waals surface area contributed by atoms with Gasteiger partial charge in [-0.1, -0.05) is 17.7 Å². The monoisotopic (exact) mass is 476 g/mol. The molecule has 1 fully saturated rings. The Bertz CT molecular complexity index is 1330. The molecule has 8 nitrogen and oxygen atoms in total. The summed E-state index contributed by atoms with van der Waals surface area (Å²) in [4.78, 5) is 29.8. The first-order chi connectivity index (χ1) is 16.5. The number of esters is 1. The molecule has 4 heterocycles. The minimum absolute atomic E-state index is 0.325. The third-order valence-electron chi connectivity index (χ3n) is 6.05. The number of rotatable bonds is 5. The van der Waals surface area contributed by atoms with Crippen LogP contribution in [-0.2, 0) is 4.74 Å². The van der Waals surface area contributed by atoms with Gasteiger partial charge in [0.1, 0.15) is 5.65 Å². The average Bonchev–Trinajstić information content (AvgIpc) is 3.21. The number of aromatic nitrogens is 4. The number of carbonyl (C=O) groups is 1. The van der Waals surface area contributed by atoms with E-state index in [1.54, 1.807) is 6.92 Å². The Morgan fingerprint density at radius 3 is 2.50 bits per heavy atom. The van der Waals surface area contributed by atoms with E-state index in [1.807, 2.05) is 30.5 Å². The lowest BCUT2D eigenvalue weighted by atomic mass is 10.1. The summed E-state index contributed by atoms with van der Waals surface area (Å²) in [6.45, 7) is 7.32. The highest BCUT2D eigenvalue weighted by Gasteiger charge is 2.21. The number of fused-ring (bicyclic) bond motifs is 1. The van der Waals surface area contributed by atoms with Crippen molar-refractivity contribution in [3.8, 4) is 11.3 Å². The molecular weight excluding hydrogens is 452 g/mol. The molecule has 0 aliphatic carbocycles. The van der Waals surface area contributed by atoms with Crippen LogP contribution in [0, 0.1) is 6.92 Å². The van der Waals surface area contributed by atoms with Crippen molar-refractivity contribution < 1.29 is 9.53 Å². The lowest BCUT2D eigenvalue weighted by Crippen LogP contribution is -2.47. The molecule has 174 valence electrons. The molecule has 0 N–H and O–H groups in total. The topological polar surface area (TPSA) is 75.9 Å². The molecule has 5 rings (SSSR count). The average molecular weight is 477 g/mol. The predicted molar refractivity (Wildman–Crippen MR) is 133 cm³/mol. The normalized spacial score (nSPS) is 14.0. The first-order valence-corrected chi connectivity index (χ1v) is 11.7. The standard InChI is InChI=1S/C25H25ClN6O2/c1-3-34-24(33)18-15-27-25(28-16-18)31-12-10-30(11-13-31)19-7-8-21(26)20(14-19)23-17(2)32-9-5-4-6-22(32)29-23/h4-9,14-16H,3,10-13H2,1-2H3. The Morgan fingerprint density at radius 1 is 1.06 bits per heavy atom. The van der Waals surface area contributed by atoms with Crippen molar-refractivity contribution >= 4 is 34.9 Å². The minimum Gasteiger partial charge on any atom is -0.462 e. The van der Waals surface area contributed by atoms with Gasteiger partial charge in [0.2, 0.25) is 5.95 Å². The van der Waals surface area contributed by atoms with Gasteiger partial charge in [-0.3, -0.25) is 0 Å². The summed E-state index contributed by atoms with van der Waals surface area (Å²) in [5.41, 5.74) is 5.25. The maximum atomic E-state index is 11.8. The summed E-state index contributed by atoms with van der Waals surface area (Å²) >= 11 is 6.60. The molecule has 0 bridgehead atoms. The van der Waals surface area contributed by atoms with E-state index < -0.39 is 5.97 Å². The van der Waals surface area contributed by atoms with Crippen LogP contribution in [0.25, 0.3) is 16.9 Å². The quantitative estimate of drug-likeness (QED) is 0.398. The fraction of sp³-hybridized carbons (Fsp3) is 0.280. The molecule has 34 heavy (non-hydrogen) atoms. The van der Waals surface area contributed by atoms with Crippen LogP contribution in [0.1, 0.15) is 23.0 Å². The van der Waals surface area contributed by atoms with E-state index in [0.717, 1.165) is 54.5 Å². The lowest BCUT2D eigenvalue weighted by Gasteiger charge is -2.36. The van der Waals surface area contributed by atoms with Crippen LogP contribution in [0.3, 0.4) is 0 Å². The summed E-state index contributed by atoms with van der Waals surface area (Å²) in [5.74, 6) is 0.211. The molecule has 3 aromatic heterocycles. The molecule has 1 aliphatic rings. The van der Waals surface area contributed by atoms with Crippen molar-refractivity contribution in [2.75, 3.05) is 42.6 Å². The second-order valence-electron chi connectivity index (χ2n) is 8.11. The predicted octanol–water partition coefficient (Wildman–Crippen LogP) is 4.26. The number of halogens is 1.